The zero-order chi connectivity index (χ0) is 12.3. The lowest BCUT2D eigenvalue weighted by Gasteiger charge is -2.05. The smallest absolute Gasteiger partial charge is 0.267 e. The third-order valence-electron chi connectivity index (χ3n) is 2.64. The van der Waals surface area contributed by atoms with Crippen LogP contribution in [0.2, 0.25) is 0 Å². The molecule has 0 atom stereocenters. The van der Waals surface area contributed by atoms with Crippen LogP contribution in [0.25, 0.3) is 11.0 Å². The molecule has 1 amide bonds. The van der Waals surface area contributed by atoms with E-state index < -0.39 is 0 Å². The summed E-state index contributed by atoms with van der Waals surface area (Å²) in [6.07, 6.45) is 2.71. The molecule has 0 bridgehead atoms. The van der Waals surface area contributed by atoms with Crippen molar-refractivity contribution in [3.63, 3.8) is 0 Å². The van der Waals surface area contributed by atoms with Crippen molar-refractivity contribution in [2.24, 2.45) is 5.92 Å². The van der Waals surface area contributed by atoms with E-state index in [2.05, 4.69) is 29.1 Å². The van der Waals surface area contributed by atoms with E-state index in [0.717, 1.165) is 17.5 Å². The average molecular weight is 231 g/mol. The summed E-state index contributed by atoms with van der Waals surface area (Å²) in [5.41, 5.74) is 2.28. The number of hydrogen-bond acceptors (Lipinski definition) is 2. The number of fused-ring (bicyclic) bond motifs is 1. The number of hydrogen-bond donors (Lipinski definition) is 2. The first kappa shape index (κ1) is 11.6. The van der Waals surface area contributed by atoms with E-state index in [-0.39, 0.29) is 5.91 Å². The topological polar surface area (TPSA) is 57.8 Å². The number of amides is 1. The third-order valence-corrected chi connectivity index (χ3v) is 2.64. The quantitative estimate of drug-likeness (QED) is 0.848. The minimum Gasteiger partial charge on any atom is -0.351 e. The fourth-order valence-corrected chi connectivity index (χ4v) is 1.65. The largest absolute Gasteiger partial charge is 0.351 e. The van der Waals surface area contributed by atoms with Crippen LogP contribution in [-0.4, -0.2) is 22.4 Å². The average Bonchev–Trinajstić information content (AvgIpc) is 2.71. The monoisotopic (exact) mass is 231 g/mol. The molecule has 2 heterocycles. The van der Waals surface area contributed by atoms with Gasteiger partial charge in [-0.05, 0) is 30.5 Å². The number of H-pyrrole nitrogens is 1. The van der Waals surface area contributed by atoms with Gasteiger partial charge in [0.15, 0.2) is 0 Å². The Morgan fingerprint density at radius 1 is 1.53 bits per heavy atom. The third kappa shape index (κ3) is 2.84. The van der Waals surface area contributed by atoms with E-state index in [4.69, 9.17) is 0 Å². The molecule has 4 nitrogen and oxygen atoms in total. The first-order valence-corrected chi connectivity index (χ1v) is 5.89. The molecule has 0 aliphatic heterocycles. The number of carbonyl (C=O) groups is 1. The molecule has 0 unspecified atom stereocenters. The molecule has 2 aromatic heterocycles. The molecule has 0 aromatic carbocycles. The van der Waals surface area contributed by atoms with Gasteiger partial charge in [0.2, 0.25) is 0 Å². The molecule has 0 saturated heterocycles. The molecule has 17 heavy (non-hydrogen) atoms. The molecule has 90 valence electrons. The molecule has 0 saturated carbocycles. The summed E-state index contributed by atoms with van der Waals surface area (Å²) in [6, 6.07) is 5.53. The lowest BCUT2D eigenvalue weighted by atomic mass is 10.1. The Kier molecular flexibility index (Phi) is 3.42. The van der Waals surface area contributed by atoms with Crippen molar-refractivity contribution >= 4 is 16.9 Å². The second kappa shape index (κ2) is 4.99. The number of carbonyl (C=O) groups excluding carboxylic acids is 1. The van der Waals surface area contributed by atoms with Gasteiger partial charge in [0.05, 0.1) is 11.0 Å². The van der Waals surface area contributed by atoms with Crippen LogP contribution in [0.15, 0.2) is 24.4 Å². The number of rotatable bonds is 4. The predicted molar refractivity (Wildman–Crippen MR) is 67.9 cm³/mol. The number of pyridine rings is 1. The molecule has 2 N–H and O–H groups in total. The maximum atomic E-state index is 11.8. The molecule has 2 aromatic rings. The van der Waals surface area contributed by atoms with Crippen LogP contribution in [0.5, 0.6) is 0 Å². The molecule has 4 heteroatoms. The minimum absolute atomic E-state index is 0.0661. The van der Waals surface area contributed by atoms with Crippen LogP contribution in [0.1, 0.15) is 30.8 Å². The summed E-state index contributed by atoms with van der Waals surface area (Å²) in [4.78, 5) is 19.1. The van der Waals surface area contributed by atoms with Gasteiger partial charge in [-0.3, -0.25) is 9.78 Å². The fourth-order valence-electron chi connectivity index (χ4n) is 1.65. The predicted octanol–water partition coefficient (Wildman–Crippen LogP) is 2.34. The SMILES string of the molecule is CC(C)CCNC(=O)c1cc2ncccc2[nH]1. The van der Waals surface area contributed by atoms with Gasteiger partial charge in [0.25, 0.3) is 5.91 Å². The highest BCUT2D eigenvalue weighted by atomic mass is 16.1. The summed E-state index contributed by atoms with van der Waals surface area (Å²) in [7, 11) is 0. The van der Waals surface area contributed by atoms with Gasteiger partial charge < -0.3 is 10.3 Å². The molecule has 0 aliphatic carbocycles. The number of aromatic amines is 1. The van der Waals surface area contributed by atoms with Crippen LogP contribution >= 0.6 is 0 Å². The van der Waals surface area contributed by atoms with Crippen molar-refractivity contribution in [3.05, 3.63) is 30.1 Å². The summed E-state index contributed by atoms with van der Waals surface area (Å²) in [5.74, 6) is 0.531. The Bertz CT molecular complexity index is 483. The normalized spacial score (nSPS) is 11.0. The standard InChI is InChI=1S/C13H17N3O/c1-9(2)5-7-15-13(17)12-8-11-10(16-12)4-3-6-14-11/h3-4,6,8-9,16H,5,7H2,1-2H3,(H,15,17). The van der Waals surface area contributed by atoms with Crippen LogP contribution in [0.3, 0.4) is 0 Å². The van der Waals surface area contributed by atoms with Gasteiger partial charge in [-0.25, -0.2) is 0 Å². The number of nitrogens with one attached hydrogen (secondary N) is 2. The van der Waals surface area contributed by atoms with E-state index in [0.29, 0.717) is 18.2 Å². The first-order valence-electron chi connectivity index (χ1n) is 5.89. The molecular weight excluding hydrogens is 214 g/mol. The van der Waals surface area contributed by atoms with Crippen molar-refractivity contribution < 1.29 is 4.79 Å². The van der Waals surface area contributed by atoms with Gasteiger partial charge >= 0.3 is 0 Å². The Morgan fingerprint density at radius 3 is 3.06 bits per heavy atom. The molecular formula is C13H17N3O. The van der Waals surface area contributed by atoms with Gasteiger partial charge in [-0.1, -0.05) is 13.8 Å². The first-order chi connectivity index (χ1) is 8.16. The Morgan fingerprint density at radius 2 is 2.35 bits per heavy atom. The van der Waals surface area contributed by atoms with Crippen molar-refractivity contribution in [2.75, 3.05) is 6.54 Å². The van der Waals surface area contributed by atoms with Crippen molar-refractivity contribution in [1.29, 1.82) is 0 Å². The van der Waals surface area contributed by atoms with Crippen LogP contribution in [-0.2, 0) is 0 Å². The second-order valence-corrected chi connectivity index (χ2v) is 4.56. The fraction of sp³-hybridized carbons (Fsp3) is 0.385. The lowest BCUT2D eigenvalue weighted by molar-refractivity contribution is 0.0948. The summed E-state index contributed by atoms with van der Waals surface area (Å²) in [6.45, 7) is 4.98. The van der Waals surface area contributed by atoms with Gasteiger partial charge in [0.1, 0.15) is 5.69 Å². The van der Waals surface area contributed by atoms with Crippen molar-refractivity contribution in [3.8, 4) is 0 Å². The molecule has 2 rings (SSSR count). The van der Waals surface area contributed by atoms with E-state index in [9.17, 15) is 4.79 Å². The van der Waals surface area contributed by atoms with Crippen LogP contribution < -0.4 is 5.32 Å². The zero-order valence-electron chi connectivity index (χ0n) is 10.2. The van der Waals surface area contributed by atoms with E-state index in [1.165, 1.54) is 0 Å². The Balaban J connectivity index is 2.04. The molecule has 0 spiro atoms. The lowest BCUT2D eigenvalue weighted by Crippen LogP contribution is -2.25. The van der Waals surface area contributed by atoms with Gasteiger partial charge in [0, 0.05) is 12.7 Å². The van der Waals surface area contributed by atoms with E-state index in [1.807, 2.05) is 12.1 Å². The maximum Gasteiger partial charge on any atom is 0.267 e. The highest BCUT2D eigenvalue weighted by Crippen LogP contribution is 2.11. The highest BCUT2D eigenvalue weighted by molar-refractivity contribution is 5.96. The Hall–Kier alpha value is -1.84. The van der Waals surface area contributed by atoms with Crippen LogP contribution in [0, 0.1) is 5.92 Å². The summed E-state index contributed by atoms with van der Waals surface area (Å²) in [5, 5.41) is 2.89. The van der Waals surface area contributed by atoms with Gasteiger partial charge in [-0.15, -0.1) is 0 Å². The highest BCUT2D eigenvalue weighted by Gasteiger charge is 2.09. The summed E-state index contributed by atoms with van der Waals surface area (Å²) < 4.78 is 0. The number of aromatic nitrogens is 2. The zero-order valence-corrected chi connectivity index (χ0v) is 10.2. The maximum absolute atomic E-state index is 11.8. The van der Waals surface area contributed by atoms with E-state index in [1.54, 1.807) is 12.3 Å². The Labute approximate surface area is 100 Å². The van der Waals surface area contributed by atoms with E-state index >= 15 is 0 Å². The molecule has 0 fully saturated rings. The molecule has 0 radical (unpaired) electrons. The van der Waals surface area contributed by atoms with Gasteiger partial charge in [-0.2, -0.15) is 0 Å². The van der Waals surface area contributed by atoms with Crippen molar-refractivity contribution in [1.82, 2.24) is 15.3 Å². The van der Waals surface area contributed by atoms with Crippen molar-refractivity contribution in [2.45, 2.75) is 20.3 Å². The summed E-state index contributed by atoms with van der Waals surface area (Å²) >= 11 is 0. The second-order valence-electron chi connectivity index (χ2n) is 4.56. The molecule has 0 aliphatic rings. The van der Waals surface area contributed by atoms with Crippen LogP contribution in [0.4, 0.5) is 0 Å². The number of nitrogens with zero attached hydrogens (tertiary/aromatic N) is 1. The minimum atomic E-state index is -0.0661.